The summed E-state index contributed by atoms with van der Waals surface area (Å²) >= 11 is 1.78. The number of thiophene rings is 1. The Hall–Kier alpha value is -7.22. The average Bonchev–Trinajstić information content (AvgIpc) is 3.66. The maximum absolute atomic E-state index is 5.05. The van der Waals surface area contributed by atoms with Crippen molar-refractivity contribution >= 4 is 31.5 Å². The third-order valence-electron chi connectivity index (χ3n) is 9.61. The van der Waals surface area contributed by atoms with Gasteiger partial charge in [-0.1, -0.05) is 170 Å². The molecule has 0 saturated heterocycles. The molecule has 0 amide bonds. The summed E-state index contributed by atoms with van der Waals surface area (Å²) in [5.74, 6) is 3.88. The molecule has 3 aromatic heterocycles. The lowest BCUT2D eigenvalue weighted by Gasteiger charge is -2.10. The van der Waals surface area contributed by atoms with Crippen LogP contribution in [0.3, 0.4) is 0 Å². The van der Waals surface area contributed by atoms with Gasteiger partial charge in [-0.15, -0.1) is 11.3 Å². The molecular formula is C48H30N6S. The summed E-state index contributed by atoms with van der Waals surface area (Å²) in [5.41, 5.74) is 7.95. The van der Waals surface area contributed by atoms with Crippen molar-refractivity contribution in [3.63, 3.8) is 0 Å². The van der Waals surface area contributed by atoms with Crippen molar-refractivity contribution < 1.29 is 0 Å². The predicted octanol–water partition coefficient (Wildman–Crippen LogP) is 12.1. The minimum atomic E-state index is 0.635. The van der Waals surface area contributed by atoms with Gasteiger partial charge in [0.15, 0.2) is 34.9 Å². The van der Waals surface area contributed by atoms with E-state index in [1.54, 1.807) is 11.3 Å². The average molecular weight is 723 g/mol. The highest BCUT2D eigenvalue weighted by Gasteiger charge is 2.18. The zero-order chi connectivity index (χ0) is 36.6. The van der Waals surface area contributed by atoms with E-state index < -0.39 is 0 Å². The van der Waals surface area contributed by atoms with Crippen LogP contribution in [-0.4, -0.2) is 29.9 Å². The normalized spacial score (nSPS) is 11.3. The number of rotatable bonds is 7. The van der Waals surface area contributed by atoms with Gasteiger partial charge in [0.25, 0.3) is 0 Å². The second kappa shape index (κ2) is 14.0. The van der Waals surface area contributed by atoms with Crippen molar-refractivity contribution in [3.8, 4) is 79.5 Å². The number of hydrogen-bond acceptors (Lipinski definition) is 7. The maximum atomic E-state index is 5.05. The van der Waals surface area contributed by atoms with Gasteiger partial charge < -0.3 is 0 Å². The van der Waals surface area contributed by atoms with Gasteiger partial charge in [-0.3, -0.25) is 0 Å². The Bertz CT molecular complexity index is 2840. The van der Waals surface area contributed by atoms with E-state index in [-0.39, 0.29) is 0 Å². The Labute approximate surface area is 321 Å². The monoisotopic (exact) mass is 722 g/mol. The summed E-state index contributed by atoms with van der Waals surface area (Å²) in [6.07, 6.45) is 0. The lowest BCUT2D eigenvalue weighted by molar-refractivity contribution is 1.07. The van der Waals surface area contributed by atoms with Crippen LogP contribution in [0.1, 0.15) is 0 Å². The molecule has 7 aromatic carbocycles. The molecule has 0 N–H and O–H groups in total. The smallest absolute Gasteiger partial charge is 0.164 e. The second-order valence-electron chi connectivity index (χ2n) is 13.1. The van der Waals surface area contributed by atoms with Crippen molar-refractivity contribution in [2.45, 2.75) is 0 Å². The van der Waals surface area contributed by atoms with E-state index in [0.29, 0.717) is 34.9 Å². The van der Waals surface area contributed by atoms with Crippen molar-refractivity contribution in [1.29, 1.82) is 0 Å². The zero-order valence-corrected chi connectivity index (χ0v) is 30.2. The van der Waals surface area contributed by atoms with Crippen molar-refractivity contribution in [2.24, 2.45) is 0 Å². The Morgan fingerprint density at radius 3 is 1.11 bits per heavy atom. The van der Waals surface area contributed by atoms with Crippen LogP contribution in [0.4, 0.5) is 0 Å². The Balaban J connectivity index is 1.03. The summed E-state index contributed by atoms with van der Waals surface area (Å²) in [5, 5.41) is 2.32. The van der Waals surface area contributed by atoms with Gasteiger partial charge in [-0.05, 0) is 23.3 Å². The maximum Gasteiger partial charge on any atom is 0.164 e. The molecule has 6 nitrogen and oxygen atoms in total. The molecule has 0 saturated carbocycles. The third-order valence-corrected chi connectivity index (χ3v) is 10.7. The van der Waals surface area contributed by atoms with E-state index in [1.807, 2.05) is 121 Å². The molecule has 55 heavy (non-hydrogen) atoms. The first kappa shape index (κ1) is 32.4. The largest absolute Gasteiger partial charge is 0.208 e. The van der Waals surface area contributed by atoms with Gasteiger partial charge in [-0.2, -0.15) is 0 Å². The molecule has 3 heterocycles. The first-order chi connectivity index (χ1) is 27.2. The van der Waals surface area contributed by atoms with E-state index in [9.17, 15) is 0 Å². The molecule has 0 unspecified atom stereocenters. The first-order valence-electron chi connectivity index (χ1n) is 18.0. The Morgan fingerprint density at radius 2 is 0.655 bits per heavy atom. The van der Waals surface area contributed by atoms with Crippen LogP contribution < -0.4 is 0 Å². The number of hydrogen-bond donors (Lipinski definition) is 0. The molecule has 0 atom stereocenters. The second-order valence-corrected chi connectivity index (χ2v) is 14.2. The fourth-order valence-electron chi connectivity index (χ4n) is 6.87. The van der Waals surface area contributed by atoms with Crippen molar-refractivity contribution in [2.75, 3.05) is 0 Å². The minimum Gasteiger partial charge on any atom is -0.208 e. The Kier molecular flexibility index (Phi) is 8.24. The molecule has 0 bridgehead atoms. The van der Waals surface area contributed by atoms with E-state index >= 15 is 0 Å². The van der Waals surface area contributed by atoms with Gasteiger partial charge >= 0.3 is 0 Å². The summed E-state index contributed by atoms with van der Waals surface area (Å²) in [6.45, 7) is 0. The minimum absolute atomic E-state index is 0.635. The molecule has 0 aliphatic rings. The fourth-order valence-corrected chi connectivity index (χ4v) is 8.04. The molecule has 0 aliphatic carbocycles. The van der Waals surface area contributed by atoms with E-state index in [1.165, 1.54) is 14.8 Å². The van der Waals surface area contributed by atoms with Crippen LogP contribution in [0.2, 0.25) is 0 Å². The molecule has 10 rings (SSSR count). The van der Waals surface area contributed by atoms with Crippen molar-refractivity contribution in [3.05, 3.63) is 182 Å². The zero-order valence-electron chi connectivity index (χ0n) is 29.4. The summed E-state index contributed by atoms with van der Waals surface area (Å²) in [4.78, 5) is 29.7. The number of fused-ring (bicyclic) bond motifs is 3. The molecule has 0 spiro atoms. The lowest BCUT2D eigenvalue weighted by atomic mass is 10.0. The van der Waals surface area contributed by atoms with Gasteiger partial charge in [0.2, 0.25) is 0 Å². The number of nitrogens with zero attached hydrogens (tertiary/aromatic N) is 6. The number of aromatic nitrogens is 6. The molecule has 0 aliphatic heterocycles. The fraction of sp³-hybridized carbons (Fsp3) is 0. The Morgan fingerprint density at radius 1 is 0.273 bits per heavy atom. The molecule has 10 aromatic rings. The molecule has 0 fully saturated rings. The number of benzene rings is 7. The first-order valence-corrected chi connectivity index (χ1v) is 18.9. The van der Waals surface area contributed by atoms with Crippen LogP contribution in [0, 0.1) is 0 Å². The van der Waals surface area contributed by atoms with Crippen LogP contribution in [0.5, 0.6) is 0 Å². The molecule has 7 heteroatoms. The SMILES string of the molecule is c1ccc(-c2nc(-c3ccccc3)nc(-c3ccc(-c4ccc5c(c4)sc4cccc(-c6nc(-c7ccccc7)nc(-c7ccccc7)n6)c45)cc3)n2)cc1. The van der Waals surface area contributed by atoms with Crippen LogP contribution in [0.25, 0.3) is 99.6 Å². The predicted molar refractivity (Wildman–Crippen MR) is 224 cm³/mol. The van der Waals surface area contributed by atoms with Gasteiger partial charge in [-0.25, -0.2) is 29.9 Å². The summed E-state index contributed by atoms with van der Waals surface area (Å²) in [6, 6.07) is 61.9. The standard InChI is InChI=1S/C48H30N6S/c1-5-14-32(15-6-1)43-49-44(33-16-7-2-8-17-33)51-47(50-43)36-26-24-31(25-27-36)37-28-29-38-41(30-37)55-40-23-13-22-39(42(38)40)48-53-45(34-18-9-3-10-19-34)52-46(54-48)35-20-11-4-12-21-35/h1-30H. The van der Waals surface area contributed by atoms with E-state index in [4.69, 9.17) is 29.9 Å². The molecular weight excluding hydrogens is 693 g/mol. The van der Waals surface area contributed by atoms with Crippen LogP contribution in [-0.2, 0) is 0 Å². The molecule has 258 valence electrons. The van der Waals surface area contributed by atoms with E-state index in [2.05, 4.69) is 60.7 Å². The highest BCUT2D eigenvalue weighted by Crippen LogP contribution is 2.41. The molecule has 0 radical (unpaired) electrons. The van der Waals surface area contributed by atoms with E-state index in [0.717, 1.165) is 49.9 Å². The van der Waals surface area contributed by atoms with Crippen LogP contribution in [0.15, 0.2) is 182 Å². The van der Waals surface area contributed by atoms with Crippen molar-refractivity contribution in [1.82, 2.24) is 29.9 Å². The highest BCUT2D eigenvalue weighted by molar-refractivity contribution is 7.26. The quantitative estimate of drug-likeness (QED) is 0.163. The van der Waals surface area contributed by atoms with Gasteiger partial charge in [0.05, 0.1) is 0 Å². The van der Waals surface area contributed by atoms with Gasteiger partial charge in [0.1, 0.15) is 0 Å². The third kappa shape index (κ3) is 6.33. The highest BCUT2D eigenvalue weighted by atomic mass is 32.1. The topological polar surface area (TPSA) is 77.3 Å². The van der Waals surface area contributed by atoms with Crippen LogP contribution >= 0.6 is 11.3 Å². The van der Waals surface area contributed by atoms with Gasteiger partial charge in [0, 0.05) is 53.6 Å². The summed E-state index contributed by atoms with van der Waals surface area (Å²) in [7, 11) is 0. The summed E-state index contributed by atoms with van der Waals surface area (Å²) < 4.78 is 2.38. The lowest BCUT2D eigenvalue weighted by Crippen LogP contribution is -2.00.